The SMILES string of the molecule is Cc1cc(C#N)c(Cl)nc1-c1cc(F)ccc1F. The Labute approximate surface area is 107 Å². The van der Waals surface area contributed by atoms with Gasteiger partial charge in [0.15, 0.2) is 0 Å². The molecule has 2 nitrogen and oxygen atoms in total. The van der Waals surface area contributed by atoms with E-state index in [4.69, 9.17) is 16.9 Å². The minimum atomic E-state index is -0.590. The second kappa shape index (κ2) is 4.71. The number of hydrogen-bond acceptors (Lipinski definition) is 2. The van der Waals surface area contributed by atoms with Crippen LogP contribution in [0.2, 0.25) is 5.15 Å². The van der Waals surface area contributed by atoms with Gasteiger partial charge in [0.2, 0.25) is 0 Å². The highest BCUT2D eigenvalue weighted by Gasteiger charge is 2.13. The van der Waals surface area contributed by atoms with Crippen molar-refractivity contribution in [2.75, 3.05) is 0 Å². The molecular formula is C13H7ClF2N2. The zero-order valence-electron chi connectivity index (χ0n) is 9.34. The molecular weight excluding hydrogens is 258 g/mol. The van der Waals surface area contributed by atoms with Crippen LogP contribution >= 0.6 is 11.6 Å². The number of nitriles is 1. The summed E-state index contributed by atoms with van der Waals surface area (Å²) in [4.78, 5) is 3.95. The monoisotopic (exact) mass is 264 g/mol. The van der Waals surface area contributed by atoms with Gasteiger partial charge >= 0.3 is 0 Å². The molecule has 90 valence electrons. The number of aryl methyl sites for hydroxylation is 1. The fourth-order valence-corrected chi connectivity index (χ4v) is 1.80. The topological polar surface area (TPSA) is 36.7 Å². The lowest BCUT2D eigenvalue weighted by Crippen LogP contribution is -1.95. The normalized spacial score (nSPS) is 10.2. The molecule has 18 heavy (non-hydrogen) atoms. The molecule has 0 amide bonds. The molecule has 0 unspecified atom stereocenters. The minimum absolute atomic E-state index is 0.0261. The van der Waals surface area contributed by atoms with Gasteiger partial charge in [0.1, 0.15) is 22.9 Å². The van der Waals surface area contributed by atoms with Crippen molar-refractivity contribution in [3.05, 3.63) is 52.2 Å². The van der Waals surface area contributed by atoms with Gasteiger partial charge in [0, 0.05) is 5.56 Å². The third-order valence-corrected chi connectivity index (χ3v) is 2.76. The first kappa shape index (κ1) is 12.5. The van der Waals surface area contributed by atoms with Crippen molar-refractivity contribution in [1.82, 2.24) is 4.98 Å². The maximum absolute atomic E-state index is 13.6. The molecule has 0 atom stereocenters. The predicted octanol–water partition coefficient (Wildman–Crippen LogP) is 3.86. The summed E-state index contributed by atoms with van der Waals surface area (Å²) in [6.07, 6.45) is 0. The molecule has 1 aromatic carbocycles. The number of nitrogens with zero attached hydrogens (tertiary/aromatic N) is 2. The van der Waals surface area contributed by atoms with E-state index in [0.717, 1.165) is 18.2 Å². The molecule has 0 saturated carbocycles. The van der Waals surface area contributed by atoms with Gasteiger partial charge in [-0.15, -0.1) is 0 Å². The first-order valence-electron chi connectivity index (χ1n) is 5.05. The summed E-state index contributed by atoms with van der Waals surface area (Å²) in [5.74, 6) is -1.15. The van der Waals surface area contributed by atoms with Crippen LogP contribution in [0.15, 0.2) is 24.3 Å². The summed E-state index contributed by atoms with van der Waals surface area (Å²) in [5, 5.41) is 8.77. The number of benzene rings is 1. The van der Waals surface area contributed by atoms with Crippen LogP contribution in [0.3, 0.4) is 0 Å². The van der Waals surface area contributed by atoms with Crippen molar-refractivity contribution in [3.63, 3.8) is 0 Å². The average molecular weight is 265 g/mol. The van der Waals surface area contributed by atoms with Gasteiger partial charge < -0.3 is 0 Å². The fraction of sp³-hybridized carbons (Fsp3) is 0.0769. The van der Waals surface area contributed by atoms with E-state index < -0.39 is 11.6 Å². The Kier molecular flexibility index (Phi) is 3.26. The Bertz CT molecular complexity index is 663. The number of pyridine rings is 1. The average Bonchev–Trinajstić information content (AvgIpc) is 2.35. The van der Waals surface area contributed by atoms with Crippen molar-refractivity contribution in [2.45, 2.75) is 6.92 Å². The van der Waals surface area contributed by atoms with Crippen LogP contribution in [-0.4, -0.2) is 4.98 Å². The predicted molar refractivity (Wildman–Crippen MR) is 64.1 cm³/mol. The summed E-state index contributed by atoms with van der Waals surface area (Å²) < 4.78 is 26.8. The molecule has 0 aliphatic heterocycles. The minimum Gasteiger partial charge on any atom is -0.234 e. The van der Waals surface area contributed by atoms with Crippen LogP contribution in [0, 0.1) is 29.9 Å². The molecule has 0 aliphatic carbocycles. The maximum Gasteiger partial charge on any atom is 0.147 e. The second-order valence-corrected chi connectivity index (χ2v) is 4.09. The highest BCUT2D eigenvalue weighted by Crippen LogP contribution is 2.28. The Morgan fingerprint density at radius 1 is 1.28 bits per heavy atom. The summed E-state index contributed by atoms with van der Waals surface area (Å²) in [6.45, 7) is 1.66. The summed E-state index contributed by atoms with van der Waals surface area (Å²) in [5.41, 5.74) is 1.02. The van der Waals surface area contributed by atoms with Crippen molar-refractivity contribution in [3.8, 4) is 17.3 Å². The summed E-state index contributed by atoms with van der Waals surface area (Å²) in [6, 6.07) is 6.48. The molecule has 0 aliphatic rings. The van der Waals surface area contributed by atoms with E-state index in [0.29, 0.717) is 5.56 Å². The number of halogens is 3. The Balaban J connectivity index is 2.69. The molecule has 1 heterocycles. The van der Waals surface area contributed by atoms with Crippen LogP contribution in [-0.2, 0) is 0 Å². The first-order chi connectivity index (χ1) is 8.52. The molecule has 5 heteroatoms. The van der Waals surface area contributed by atoms with Gasteiger partial charge in [-0.1, -0.05) is 11.6 Å². The van der Waals surface area contributed by atoms with Crippen LogP contribution in [0.1, 0.15) is 11.1 Å². The lowest BCUT2D eigenvalue weighted by molar-refractivity contribution is 0.602. The maximum atomic E-state index is 13.6. The van der Waals surface area contributed by atoms with Gasteiger partial charge in [-0.3, -0.25) is 0 Å². The summed E-state index contributed by atoms with van der Waals surface area (Å²) in [7, 11) is 0. The van der Waals surface area contributed by atoms with Crippen LogP contribution in [0.5, 0.6) is 0 Å². The van der Waals surface area contributed by atoms with Crippen molar-refractivity contribution in [2.24, 2.45) is 0 Å². The Morgan fingerprint density at radius 2 is 2.00 bits per heavy atom. The van der Waals surface area contributed by atoms with E-state index in [1.54, 1.807) is 6.92 Å². The fourth-order valence-electron chi connectivity index (χ4n) is 1.62. The van der Waals surface area contributed by atoms with Crippen LogP contribution < -0.4 is 0 Å². The van der Waals surface area contributed by atoms with E-state index in [9.17, 15) is 8.78 Å². The zero-order chi connectivity index (χ0) is 13.3. The van der Waals surface area contributed by atoms with Gasteiger partial charge in [-0.05, 0) is 36.8 Å². The van der Waals surface area contributed by atoms with Gasteiger partial charge in [0.05, 0.1) is 11.3 Å². The van der Waals surface area contributed by atoms with E-state index in [1.165, 1.54) is 6.07 Å². The lowest BCUT2D eigenvalue weighted by atomic mass is 10.0. The number of rotatable bonds is 1. The van der Waals surface area contributed by atoms with E-state index in [-0.39, 0.29) is 22.0 Å². The highest BCUT2D eigenvalue weighted by atomic mass is 35.5. The third-order valence-electron chi connectivity index (χ3n) is 2.47. The molecule has 1 aromatic heterocycles. The summed E-state index contributed by atoms with van der Waals surface area (Å²) >= 11 is 5.79. The van der Waals surface area contributed by atoms with E-state index in [2.05, 4.69) is 4.98 Å². The van der Waals surface area contributed by atoms with Crippen LogP contribution in [0.4, 0.5) is 8.78 Å². The molecule has 0 bridgehead atoms. The quantitative estimate of drug-likeness (QED) is 0.734. The lowest BCUT2D eigenvalue weighted by Gasteiger charge is -2.08. The van der Waals surface area contributed by atoms with Crippen LogP contribution in [0.25, 0.3) is 11.3 Å². The van der Waals surface area contributed by atoms with Crippen molar-refractivity contribution in [1.29, 1.82) is 5.26 Å². The zero-order valence-corrected chi connectivity index (χ0v) is 10.1. The molecule has 0 radical (unpaired) electrons. The molecule has 0 N–H and O–H groups in total. The highest BCUT2D eigenvalue weighted by molar-refractivity contribution is 6.30. The van der Waals surface area contributed by atoms with Crippen molar-refractivity contribution < 1.29 is 8.78 Å². The first-order valence-corrected chi connectivity index (χ1v) is 5.43. The molecule has 2 aromatic rings. The van der Waals surface area contributed by atoms with Crippen molar-refractivity contribution >= 4 is 11.6 Å². The Morgan fingerprint density at radius 3 is 2.67 bits per heavy atom. The molecule has 0 fully saturated rings. The van der Waals surface area contributed by atoms with E-state index in [1.807, 2.05) is 6.07 Å². The van der Waals surface area contributed by atoms with E-state index >= 15 is 0 Å². The standard InChI is InChI=1S/C13H7ClF2N2/c1-7-4-8(6-17)13(14)18-12(7)10-5-9(15)2-3-11(10)16/h2-5H,1H3. The molecule has 0 saturated heterocycles. The molecule has 2 rings (SSSR count). The van der Waals surface area contributed by atoms with Gasteiger partial charge in [-0.2, -0.15) is 5.26 Å². The second-order valence-electron chi connectivity index (χ2n) is 3.73. The van der Waals surface area contributed by atoms with Gasteiger partial charge in [0.25, 0.3) is 0 Å². The largest absolute Gasteiger partial charge is 0.234 e. The number of hydrogen-bond donors (Lipinski definition) is 0. The third kappa shape index (κ3) is 2.18. The Hall–Kier alpha value is -1.99. The number of aromatic nitrogens is 1. The smallest absolute Gasteiger partial charge is 0.147 e. The molecule has 0 spiro atoms. The van der Waals surface area contributed by atoms with Gasteiger partial charge in [-0.25, -0.2) is 13.8 Å².